The highest BCUT2D eigenvalue weighted by Crippen LogP contribution is 2.62. The number of hydrogen-bond donors (Lipinski definition) is 0. The van der Waals surface area contributed by atoms with Crippen LogP contribution in [0.25, 0.3) is 0 Å². The summed E-state index contributed by atoms with van der Waals surface area (Å²) < 4.78 is 0. The Morgan fingerprint density at radius 3 is 2.90 bits per heavy atom. The van der Waals surface area contributed by atoms with Crippen molar-refractivity contribution >= 4 is 0 Å². The van der Waals surface area contributed by atoms with E-state index < -0.39 is 0 Å². The maximum Gasteiger partial charge on any atom is 0.0195 e. The summed E-state index contributed by atoms with van der Waals surface area (Å²) in [6.07, 6.45) is 10.0. The van der Waals surface area contributed by atoms with Crippen molar-refractivity contribution in [3.8, 4) is 0 Å². The molecule has 0 heteroatoms. The third-order valence-electron chi connectivity index (χ3n) is 2.84. The first kappa shape index (κ1) is 5.96. The van der Waals surface area contributed by atoms with Gasteiger partial charge >= 0.3 is 0 Å². The molecule has 0 saturated heterocycles. The van der Waals surface area contributed by atoms with Crippen LogP contribution >= 0.6 is 0 Å². The van der Waals surface area contributed by atoms with Crippen molar-refractivity contribution in [1.29, 1.82) is 0 Å². The first-order chi connectivity index (χ1) is 4.81. The SMILES string of the molecule is C=C1C2C=CC=CC12CC. The van der Waals surface area contributed by atoms with Crippen molar-refractivity contribution in [2.24, 2.45) is 11.3 Å². The molecule has 0 nitrogen and oxygen atoms in total. The van der Waals surface area contributed by atoms with Gasteiger partial charge in [0.2, 0.25) is 0 Å². The Labute approximate surface area is 61.9 Å². The molecule has 0 aromatic rings. The molecule has 52 valence electrons. The van der Waals surface area contributed by atoms with Gasteiger partial charge in [-0.1, -0.05) is 43.4 Å². The lowest BCUT2D eigenvalue weighted by atomic mass is 9.96. The number of rotatable bonds is 1. The Kier molecular flexibility index (Phi) is 0.971. The van der Waals surface area contributed by atoms with E-state index in [1.165, 1.54) is 12.0 Å². The van der Waals surface area contributed by atoms with Gasteiger partial charge < -0.3 is 0 Å². The Morgan fingerprint density at radius 2 is 2.40 bits per heavy atom. The number of hydrogen-bond acceptors (Lipinski definition) is 0. The molecule has 0 amide bonds. The summed E-state index contributed by atoms with van der Waals surface area (Å²) >= 11 is 0. The minimum atomic E-state index is 0.384. The molecule has 2 atom stereocenters. The quantitative estimate of drug-likeness (QED) is 0.481. The highest BCUT2D eigenvalue weighted by Gasteiger charge is 2.54. The Morgan fingerprint density at radius 1 is 1.60 bits per heavy atom. The van der Waals surface area contributed by atoms with Crippen molar-refractivity contribution in [3.63, 3.8) is 0 Å². The normalized spacial score (nSPS) is 41.7. The van der Waals surface area contributed by atoms with Crippen LogP contribution in [-0.4, -0.2) is 0 Å². The highest BCUT2D eigenvalue weighted by molar-refractivity contribution is 5.49. The molecule has 1 saturated carbocycles. The second-order valence-corrected chi connectivity index (χ2v) is 3.14. The predicted molar refractivity (Wildman–Crippen MR) is 43.6 cm³/mol. The van der Waals surface area contributed by atoms with Crippen molar-refractivity contribution in [2.45, 2.75) is 13.3 Å². The van der Waals surface area contributed by atoms with Crippen LogP contribution < -0.4 is 0 Å². The molecule has 0 bridgehead atoms. The van der Waals surface area contributed by atoms with Crippen LogP contribution in [0.2, 0.25) is 0 Å². The summed E-state index contributed by atoms with van der Waals surface area (Å²) in [5.41, 5.74) is 1.79. The van der Waals surface area contributed by atoms with Crippen LogP contribution in [0.15, 0.2) is 36.5 Å². The van der Waals surface area contributed by atoms with Crippen LogP contribution in [0.5, 0.6) is 0 Å². The average Bonchev–Trinajstić information content (AvgIpc) is 2.60. The van der Waals surface area contributed by atoms with Crippen molar-refractivity contribution in [1.82, 2.24) is 0 Å². The van der Waals surface area contributed by atoms with Gasteiger partial charge in [0, 0.05) is 11.3 Å². The topological polar surface area (TPSA) is 0 Å². The van der Waals surface area contributed by atoms with E-state index in [0.29, 0.717) is 11.3 Å². The van der Waals surface area contributed by atoms with Gasteiger partial charge in [-0.3, -0.25) is 0 Å². The van der Waals surface area contributed by atoms with E-state index in [0.717, 1.165) is 0 Å². The van der Waals surface area contributed by atoms with E-state index in [1.807, 2.05) is 0 Å². The summed E-state index contributed by atoms with van der Waals surface area (Å²) in [7, 11) is 0. The molecule has 0 radical (unpaired) electrons. The van der Waals surface area contributed by atoms with E-state index in [9.17, 15) is 0 Å². The third kappa shape index (κ3) is 0.476. The predicted octanol–water partition coefficient (Wildman–Crippen LogP) is 2.69. The lowest BCUT2D eigenvalue weighted by Crippen LogP contribution is -1.98. The average molecular weight is 132 g/mol. The highest BCUT2D eigenvalue weighted by atomic mass is 14.6. The standard InChI is InChI=1S/C10H12/c1-3-10-7-5-4-6-9(10)8(10)2/h4-7,9H,2-3H2,1H3. The van der Waals surface area contributed by atoms with Crippen molar-refractivity contribution in [3.05, 3.63) is 36.5 Å². The fraction of sp³-hybridized carbons (Fsp3) is 0.400. The fourth-order valence-corrected chi connectivity index (χ4v) is 1.95. The zero-order valence-electron chi connectivity index (χ0n) is 6.30. The molecule has 0 aliphatic heterocycles. The largest absolute Gasteiger partial charge is 0.0983 e. The maximum absolute atomic E-state index is 4.05. The molecular weight excluding hydrogens is 120 g/mol. The summed E-state index contributed by atoms with van der Waals surface area (Å²) in [5.74, 6) is 0.669. The minimum absolute atomic E-state index is 0.384. The van der Waals surface area contributed by atoms with Crippen molar-refractivity contribution < 1.29 is 0 Å². The van der Waals surface area contributed by atoms with Crippen LogP contribution in [-0.2, 0) is 0 Å². The van der Waals surface area contributed by atoms with Gasteiger partial charge in [0.25, 0.3) is 0 Å². The minimum Gasteiger partial charge on any atom is -0.0983 e. The monoisotopic (exact) mass is 132 g/mol. The van der Waals surface area contributed by atoms with Crippen LogP contribution in [0, 0.1) is 11.3 Å². The van der Waals surface area contributed by atoms with E-state index in [4.69, 9.17) is 0 Å². The van der Waals surface area contributed by atoms with Gasteiger partial charge in [0.05, 0.1) is 0 Å². The first-order valence-corrected chi connectivity index (χ1v) is 3.86. The lowest BCUT2D eigenvalue weighted by molar-refractivity contribution is 0.600. The molecule has 10 heavy (non-hydrogen) atoms. The summed E-state index contributed by atoms with van der Waals surface area (Å²) in [6.45, 7) is 6.28. The molecule has 0 aromatic heterocycles. The smallest absolute Gasteiger partial charge is 0.0195 e. The Hall–Kier alpha value is -0.780. The summed E-state index contributed by atoms with van der Waals surface area (Å²) in [6, 6.07) is 0. The van der Waals surface area contributed by atoms with Gasteiger partial charge in [-0.25, -0.2) is 0 Å². The van der Waals surface area contributed by atoms with Crippen LogP contribution in [0.1, 0.15) is 13.3 Å². The number of fused-ring (bicyclic) bond motifs is 1. The molecule has 0 heterocycles. The Balaban J connectivity index is 2.36. The van der Waals surface area contributed by atoms with Gasteiger partial charge in [0.15, 0.2) is 0 Å². The molecule has 0 N–H and O–H groups in total. The van der Waals surface area contributed by atoms with Gasteiger partial charge in [0.1, 0.15) is 0 Å². The van der Waals surface area contributed by atoms with Gasteiger partial charge in [-0.15, -0.1) is 0 Å². The van der Waals surface area contributed by atoms with Crippen LogP contribution in [0.4, 0.5) is 0 Å². The molecule has 0 spiro atoms. The van der Waals surface area contributed by atoms with E-state index >= 15 is 0 Å². The lowest BCUT2D eigenvalue weighted by Gasteiger charge is -2.07. The molecule has 2 rings (SSSR count). The number of allylic oxidation sites excluding steroid dienone is 5. The second kappa shape index (κ2) is 1.63. The summed E-state index contributed by atoms with van der Waals surface area (Å²) in [5, 5.41) is 0. The maximum atomic E-state index is 4.05. The zero-order valence-corrected chi connectivity index (χ0v) is 6.30. The fourth-order valence-electron chi connectivity index (χ4n) is 1.95. The zero-order chi connectivity index (χ0) is 7.19. The van der Waals surface area contributed by atoms with Gasteiger partial charge in [-0.05, 0) is 6.42 Å². The van der Waals surface area contributed by atoms with E-state index in [2.05, 4.69) is 37.8 Å². The molecular formula is C10H12. The van der Waals surface area contributed by atoms with Gasteiger partial charge in [-0.2, -0.15) is 0 Å². The second-order valence-electron chi connectivity index (χ2n) is 3.14. The molecule has 0 aromatic carbocycles. The van der Waals surface area contributed by atoms with Crippen LogP contribution in [0.3, 0.4) is 0 Å². The van der Waals surface area contributed by atoms with E-state index in [-0.39, 0.29) is 0 Å². The summed E-state index contributed by atoms with van der Waals surface area (Å²) in [4.78, 5) is 0. The van der Waals surface area contributed by atoms with E-state index in [1.54, 1.807) is 0 Å². The first-order valence-electron chi connectivity index (χ1n) is 3.86. The van der Waals surface area contributed by atoms with Crippen molar-refractivity contribution in [2.75, 3.05) is 0 Å². The molecule has 2 aliphatic rings. The molecule has 2 aliphatic carbocycles. The molecule has 1 fully saturated rings. The Bertz CT molecular complexity index is 232. The third-order valence-corrected chi connectivity index (χ3v) is 2.84. The molecule has 2 unspecified atom stereocenters.